The molecular formula is C16H16Cl2N2O3S. The Labute approximate surface area is 151 Å². The first-order valence-electron chi connectivity index (χ1n) is 7.24. The van der Waals surface area contributed by atoms with Gasteiger partial charge in [-0.25, -0.2) is 13.4 Å². The number of likely N-dealkylation sites (N-methyl/N-ethyl adjacent to an activating group) is 1. The highest BCUT2D eigenvalue weighted by Gasteiger charge is 2.50. The van der Waals surface area contributed by atoms with Gasteiger partial charge in [-0.2, -0.15) is 4.31 Å². The molecule has 1 aromatic heterocycles. The Hall–Kier alpha value is -1.18. The summed E-state index contributed by atoms with van der Waals surface area (Å²) in [5, 5.41) is 0.878. The topological polar surface area (TPSA) is 62.8 Å². The molecule has 1 atom stereocenters. The molecule has 0 radical (unpaired) electrons. The maximum atomic E-state index is 12.8. The molecule has 0 amide bonds. The van der Waals surface area contributed by atoms with Crippen LogP contribution in [0.3, 0.4) is 0 Å². The Balaban J connectivity index is 1.86. The van der Waals surface area contributed by atoms with Gasteiger partial charge >= 0.3 is 0 Å². The van der Waals surface area contributed by atoms with Gasteiger partial charge in [-0.15, -0.1) is 0 Å². The molecule has 0 unspecified atom stereocenters. The quantitative estimate of drug-likeness (QED) is 0.584. The first-order valence-corrected chi connectivity index (χ1v) is 9.44. The van der Waals surface area contributed by atoms with E-state index in [4.69, 9.17) is 27.9 Å². The summed E-state index contributed by atoms with van der Waals surface area (Å²) in [6.45, 7) is 2.33. The summed E-state index contributed by atoms with van der Waals surface area (Å²) in [5.74, 6) is 0. The molecule has 0 spiro atoms. The number of aromatic nitrogens is 1. The van der Waals surface area contributed by atoms with Gasteiger partial charge in [-0.05, 0) is 42.8 Å². The molecule has 5 nitrogen and oxygen atoms in total. The van der Waals surface area contributed by atoms with Crippen molar-refractivity contribution in [2.24, 2.45) is 0 Å². The van der Waals surface area contributed by atoms with Crippen LogP contribution in [0.25, 0.3) is 0 Å². The number of hydrogen-bond acceptors (Lipinski definition) is 4. The largest absolute Gasteiger partial charge is 0.361 e. The molecule has 8 heteroatoms. The van der Waals surface area contributed by atoms with Gasteiger partial charge in [-0.3, -0.25) is 0 Å². The molecule has 2 heterocycles. The molecule has 1 fully saturated rings. The van der Waals surface area contributed by atoms with Crippen LogP contribution in [0, 0.1) is 6.92 Å². The molecule has 1 aliphatic heterocycles. The van der Waals surface area contributed by atoms with Crippen molar-refractivity contribution >= 4 is 33.2 Å². The van der Waals surface area contributed by atoms with Crippen LogP contribution in [0.1, 0.15) is 11.3 Å². The van der Waals surface area contributed by atoms with E-state index in [0.29, 0.717) is 28.0 Å². The molecule has 0 N–H and O–H groups in total. The molecule has 1 saturated heterocycles. The van der Waals surface area contributed by atoms with Crippen molar-refractivity contribution in [1.82, 2.24) is 9.29 Å². The lowest BCUT2D eigenvalue weighted by molar-refractivity contribution is 0.261. The van der Waals surface area contributed by atoms with Gasteiger partial charge < -0.3 is 4.74 Å². The number of halogens is 2. The van der Waals surface area contributed by atoms with Crippen LogP contribution in [0.2, 0.25) is 10.2 Å². The van der Waals surface area contributed by atoms with Crippen molar-refractivity contribution in [1.29, 1.82) is 0 Å². The Morgan fingerprint density at radius 3 is 2.58 bits per heavy atom. The van der Waals surface area contributed by atoms with Crippen molar-refractivity contribution in [3.05, 3.63) is 57.8 Å². The Morgan fingerprint density at radius 2 is 2.00 bits per heavy atom. The molecule has 1 aliphatic rings. The average molecular weight is 387 g/mol. The number of sulfonamides is 1. The molecule has 3 rings (SSSR count). The highest BCUT2D eigenvalue weighted by molar-refractivity contribution is 7.89. The first-order chi connectivity index (χ1) is 11.2. The van der Waals surface area contributed by atoms with Crippen LogP contribution in [-0.2, 0) is 20.4 Å². The minimum Gasteiger partial charge on any atom is -0.361 e. The summed E-state index contributed by atoms with van der Waals surface area (Å²) >= 11 is 11.9. The van der Waals surface area contributed by atoms with Crippen molar-refractivity contribution in [3.63, 3.8) is 0 Å². The monoisotopic (exact) mass is 386 g/mol. The third-order valence-corrected chi connectivity index (χ3v) is 6.42. The fourth-order valence-electron chi connectivity index (χ4n) is 2.47. The molecule has 128 valence electrons. The third kappa shape index (κ3) is 3.30. The zero-order valence-corrected chi connectivity index (χ0v) is 15.5. The molecule has 0 bridgehead atoms. The zero-order valence-electron chi connectivity index (χ0n) is 13.2. The highest BCUT2D eigenvalue weighted by Crippen LogP contribution is 2.39. The molecule has 0 saturated carbocycles. The van der Waals surface area contributed by atoms with Gasteiger partial charge in [0.25, 0.3) is 0 Å². The van der Waals surface area contributed by atoms with Crippen molar-refractivity contribution < 1.29 is 13.2 Å². The smallest absolute Gasteiger partial charge is 0.242 e. The number of ether oxygens (including phenoxy) is 1. The lowest BCUT2D eigenvalue weighted by atomic mass is 10.1. The number of hydrogen-bond donors (Lipinski definition) is 0. The van der Waals surface area contributed by atoms with Crippen molar-refractivity contribution in [2.45, 2.75) is 17.4 Å². The molecule has 2 aromatic rings. The summed E-state index contributed by atoms with van der Waals surface area (Å²) in [7, 11) is -2.13. The van der Waals surface area contributed by atoms with Crippen LogP contribution in [0.4, 0.5) is 0 Å². The third-order valence-electron chi connectivity index (χ3n) is 3.99. The summed E-state index contributed by atoms with van der Waals surface area (Å²) in [6, 6.07) is 9.86. The van der Waals surface area contributed by atoms with E-state index in [2.05, 4.69) is 4.98 Å². The van der Waals surface area contributed by atoms with Gasteiger partial charge in [0, 0.05) is 12.1 Å². The van der Waals surface area contributed by atoms with Crippen LogP contribution in [0.5, 0.6) is 0 Å². The van der Waals surface area contributed by atoms with Gasteiger partial charge in [0.15, 0.2) is 0 Å². The van der Waals surface area contributed by atoms with E-state index in [1.54, 1.807) is 37.3 Å². The SMILES string of the molecule is Cc1cc(S(=O)(=O)N(C)C[C@]2(c3cccc(Cl)n3)CO2)ccc1Cl. The highest BCUT2D eigenvalue weighted by atomic mass is 35.5. The van der Waals surface area contributed by atoms with E-state index in [-0.39, 0.29) is 11.4 Å². The van der Waals surface area contributed by atoms with E-state index < -0.39 is 15.6 Å². The second-order valence-corrected chi connectivity index (χ2v) is 8.64. The number of nitrogens with zero attached hydrogens (tertiary/aromatic N) is 2. The lowest BCUT2D eigenvalue weighted by Gasteiger charge is -2.21. The number of benzene rings is 1. The standard InChI is InChI=1S/C16H16Cl2N2O3S/c1-11-8-12(6-7-13(11)17)24(21,22)20(2)9-16(10-23-16)14-4-3-5-15(18)19-14/h3-8H,9-10H2,1-2H3/t16-/m1/s1. The van der Waals surface area contributed by atoms with E-state index in [9.17, 15) is 8.42 Å². The summed E-state index contributed by atoms with van der Waals surface area (Å²) in [5.41, 5.74) is 0.596. The second kappa shape index (κ2) is 6.28. The fourth-order valence-corrected chi connectivity index (χ4v) is 4.06. The first kappa shape index (κ1) is 17.6. The van der Waals surface area contributed by atoms with Crippen LogP contribution in [-0.4, -0.2) is 37.9 Å². The normalized spacial score (nSPS) is 20.4. The Kier molecular flexibility index (Phi) is 4.61. The Bertz CT molecular complexity index is 883. The lowest BCUT2D eigenvalue weighted by Crippen LogP contribution is -2.35. The van der Waals surface area contributed by atoms with Gasteiger partial charge in [0.05, 0.1) is 23.7 Å². The van der Waals surface area contributed by atoms with Gasteiger partial charge in [0.2, 0.25) is 10.0 Å². The minimum absolute atomic E-state index is 0.157. The maximum Gasteiger partial charge on any atom is 0.242 e. The predicted octanol–water partition coefficient (Wildman–Crippen LogP) is 3.24. The zero-order chi connectivity index (χ0) is 17.5. The number of aryl methyl sites for hydroxylation is 1. The Morgan fingerprint density at radius 1 is 1.29 bits per heavy atom. The van der Waals surface area contributed by atoms with Gasteiger partial charge in [0.1, 0.15) is 10.8 Å². The van der Waals surface area contributed by atoms with Crippen molar-refractivity contribution in [3.8, 4) is 0 Å². The number of rotatable bonds is 5. The molecular weight excluding hydrogens is 371 g/mol. The summed E-state index contributed by atoms with van der Waals surface area (Å²) < 4.78 is 32.4. The van der Waals surface area contributed by atoms with E-state index in [1.807, 2.05) is 0 Å². The number of epoxide rings is 1. The van der Waals surface area contributed by atoms with Crippen LogP contribution >= 0.6 is 23.2 Å². The average Bonchev–Trinajstić information content (AvgIpc) is 3.30. The van der Waals surface area contributed by atoms with Crippen LogP contribution in [0.15, 0.2) is 41.3 Å². The van der Waals surface area contributed by atoms with Crippen LogP contribution < -0.4 is 0 Å². The fraction of sp³-hybridized carbons (Fsp3) is 0.312. The maximum absolute atomic E-state index is 12.8. The van der Waals surface area contributed by atoms with E-state index in [1.165, 1.54) is 17.4 Å². The van der Waals surface area contributed by atoms with Gasteiger partial charge in [-0.1, -0.05) is 29.3 Å². The molecule has 0 aliphatic carbocycles. The number of pyridine rings is 1. The minimum atomic E-state index is -3.66. The van der Waals surface area contributed by atoms with E-state index >= 15 is 0 Å². The predicted molar refractivity (Wildman–Crippen MR) is 92.9 cm³/mol. The molecule has 24 heavy (non-hydrogen) atoms. The van der Waals surface area contributed by atoms with E-state index in [0.717, 1.165) is 0 Å². The summed E-state index contributed by atoms with van der Waals surface area (Å²) in [4.78, 5) is 4.44. The van der Waals surface area contributed by atoms with Crippen molar-refractivity contribution in [2.75, 3.05) is 20.2 Å². The molecule has 1 aromatic carbocycles. The summed E-state index contributed by atoms with van der Waals surface area (Å²) in [6.07, 6.45) is 0. The second-order valence-electron chi connectivity index (χ2n) is 5.80.